The Morgan fingerprint density at radius 1 is 1.18 bits per heavy atom. The summed E-state index contributed by atoms with van der Waals surface area (Å²) in [5, 5.41) is 5.64. The average molecular weight is 333 g/mol. The first-order valence-electron chi connectivity index (χ1n) is 6.08. The zero-order valence-corrected chi connectivity index (χ0v) is 12.4. The number of nitrogens with zero attached hydrogens (tertiary/aromatic N) is 2. The van der Waals surface area contributed by atoms with Gasteiger partial charge in [0.05, 0.1) is 12.8 Å². The van der Waals surface area contributed by atoms with Gasteiger partial charge >= 0.3 is 6.18 Å². The van der Waals surface area contributed by atoms with Crippen molar-refractivity contribution >= 4 is 29.1 Å². The lowest BCUT2D eigenvalue weighted by molar-refractivity contribution is -0.141. The molecule has 0 radical (unpaired) electrons. The molecule has 9 heteroatoms. The standard InChI is InChI=1S/C13H12ClF3N4O/c1-18-12-20-10(13(15,16)17)6-11(21-12)19-8-5-7(14)3-4-9(8)22-2/h3-6H,1-2H3,(H2,18,19,20,21). The third-order valence-corrected chi connectivity index (χ3v) is 2.90. The maximum Gasteiger partial charge on any atom is 0.433 e. The van der Waals surface area contributed by atoms with Crippen LogP contribution in [0.5, 0.6) is 5.75 Å². The summed E-state index contributed by atoms with van der Waals surface area (Å²) < 4.78 is 43.6. The summed E-state index contributed by atoms with van der Waals surface area (Å²) in [5.41, 5.74) is -0.667. The Morgan fingerprint density at radius 3 is 2.50 bits per heavy atom. The molecule has 2 N–H and O–H groups in total. The van der Waals surface area contributed by atoms with E-state index in [9.17, 15) is 13.2 Å². The number of benzene rings is 1. The highest BCUT2D eigenvalue weighted by Crippen LogP contribution is 2.33. The molecule has 2 rings (SSSR count). The maximum atomic E-state index is 12.8. The molecule has 0 fully saturated rings. The smallest absolute Gasteiger partial charge is 0.433 e. The van der Waals surface area contributed by atoms with Crippen LogP contribution in [0.1, 0.15) is 5.69 Å². The number of ether oxygens (including phenoxy) is 1. The predicted molar refractivity (Wildman–Crippen MR) is 77.9 cm³/mol. The zero-order chi connectivity index (χ0) is 16.3. The Labute approximate surface area is 129 Å². The Hall–Kier alpha value is -2.22. The second-order valence-electron chi connectivity index (χ2n) is 4.18. The van der Waals surface area contributed by atoms with Crippen LogP contribution in [0.25, 0.3) is 0 Å². The Kier molecular flexibility index (Phi) is 4.60. The van der Waals surface area contributed by atoms with Crippen LogP contribution in [0.15, 0.2) is 24.3 Å². The highest BCUT2D eigenvalue weighted by atomic mass is 35.5. The molecule has 5 nitrogen and oxygen atoms in total. The molecule has 1 heterocycles. The van der Waals surface area contributed by atoms with Gasteiger partial charge in [0, 0.05) is 18.1 Å². The summed E-state index contributed by atoms with van der Waals surface area (Å²) in [4.78, 5) is 7.31. The monoisotopic (exact) mass is 332 g/mol. The highest BCUT2D eigenvalue weighted by Gasteiger charge is 2.33. The summed E-state index contributed by atoms with van der Waals surface area (Å²) in [7, 11) is 2.87. The van der Waals surface area contributed by atoms with Crippen LogP contribution >= 0.6 is 11.6 Å². The molecule has 0 spiro atoms. The fourth-order valence-corrected chi connectivity index (χ4v) is 1.86. The van der Waals surface area contributed by atoms with E-state index >= 15 is 0 Å². The highest BCUT2D eigenvalue weighted by molar-refractivity contribution is 6.31. The fourth-order valence-electron chi connectivity index (χ4n) is 1.68. The molecule has 0 aliphatic carbocycles. The number of hydrogen-bond acceptors (Lipinski definition) is 5. The number of alkyl halides is 3. The van der Waals surface area contributed by atoms with Gasteiger partial charge in [-0.15, -0.1) is 0 Å². The minimum atomic E-state index is -4.58. The second kappa shape index (κ2) is 6.27. The molecule has 0 saturated carbocycles. The van der Waals surface area contributed by atoms with Crippen molar-refractivity contribution in [2.45, 2.75) is 6.18 Å². The minimum Gasteiger partial charge on any atom is -0.495 e. The van der Waals surface area contributed by atoms with Gasteiger partial charge in [0.2, 0.25) is 5.95 Å². The lowest BCUT2D eigenvalue weighted by Gasteiger charge is -2.13. The van der Waals surface area contributed by atoms with Gasteiger partial charge < -0.3 is 15.4 Å². The molecule has 118 valence electrons. The van der Waals surface area contributed by atoms with Crippen LogP contribution in [0.3, 0.4) is 0 Å². The predicted octanol–water partition coefficient (Wildman–Crippen LogP) is 3.94. The molecule has 22 heavy (non-hydrogen) atoms. The largest absolute Gasteiger partial charge is 0.495 e. The molecule has 1 aromatic carbocycles. The minimum absolute atomic E-state index is 0.0350. The maximum absolute atomic E-state index is 12.8. The van der Waals surface area contributed by atoms with Gasteiger partial charge in [-0.3, -0.25) is 0 Å². The Bertz CT molecular complexity index is 679. The van der Waals surface area contributed by atoms with Crippen molar-refractivity contribution in [1.82, 2.24) is 9.97 Å². The van der Waals surface area contributed by atoms with Crippen molar-refractivity contribution in [2.75, 3.05) is 24.8 Å². The first kappa shape index (κ1) is 16.2. The Morgan fingerprint density at radius 2 is 1.91 bits per heavy atom. The van der Waals surface area contributed by atoms with Crippen LogP contribution in [-0.4, -0.2) is 24.1 Å². The average Bonchev–Trinajstić information content (AvgIpc) is 2.46. The lowest BCUT2D eigenvalue weighted by Crippen LogP contribution is -2.12. The third-order valence-electron chi connectivity index (χ3n) is 2.66. The summed E-state index contributed by atoms with van der Waals surface area (Å²) in [6.07, 6.45) is -4.58. The van der Waals surface area contributed by atoms with E-state index in [4.69, 9.17) is 16.3 Å². The van der Waals surface area contributed by atoms with Crippen molar-refractivity contribution in [1.29, 1.82) is 0 Å². The van der Waals surface area contributed by atoms with E-state index < -0.39 is 11.9 Å². The van der Waals surface area contributed by atoms with E-state index in [1.165, 1.54) is 20.2 Å². The molecule has 2 aromatic rings. The summed E-state index contributed by atoms with van der Waals surface area (Å²) in [5.74, 6) is 0.230. The molecule has 0 aliphatic heterocycles. The molecular weight excluding hydrogens is 321 g/mol. The van der Waals surface area contributed by atoms with Gasteiger partial charge in [-0.25, -0.2) is 4.98 Å². The quantitative estimate of drug-likeness (QED) is 0.888. The van der Waals surface area contributed by atoms with E-state index in [2.05, 4.69) is 20.6 Å². The third kappa shape index (κ3) is 3.70. The zero-order valence-electron chi connectivity index (χ0n) is 11.6. The molecule has 0 bridgehead atoms. The molecule has 0 amide bonds. The van der Waals surface area contributed by atoms with Crippen LogP contribution in [-0.2, 0) is 6.18 Å². The van der Waals surface area contributed by atoms with Crippen molar-refractivity contribution in [3.05, 3.63) is 35.0 Å². The van der Waals surface area contributed by atoms with Crippen molar-refractivity contribution in [3.8, 4) is 5.75 Å². The number of methoxy groups -OCH3 is 1. The SMILES string of the molecule is CNc1nc(Nc2cc(Cl)ccc2OC)cc(C(F)(F)F)n1. The number of halogens is 4. The van der Waals surface area contributed by atoms with Gasteiger partial charge in [0.15, 0.2) is 5.69 Å². The molecule has 1 aromatic heterocycles. The van der Waals surface area contributed by atoms with Crippen molar-refractivity contribution in [2.24, 2.45) is 0 Å². The molecule has 0 saturated heterocycles. The van der Waals surface area contributed by atoms with Crippen molar-refractivity contribution in [3.63, 3.8) is 0 Å². The number of nitrogens with one attached hydrogen (secondary N) is 2. The first-order chi connectivity index (χ1) is 10.3. The summed E-state index contributed by atoms with van der Waals surface area (Å²) in [6.45, 7) is 0. The number of rotatable bonds is 4. The number of aromatic nitrogens is 2. The topological polar surface area (TPSA) is 59.1 Å². The molecule has 0 aliphatic rings. The summed E-state index contributed by atoms with van der Waals surface area (Å²) >= 11 is 5.88. The van der Waals surface area contributed by atoms with Crippen LogP contribution in [0.4, 0.5) is 30.6 Å². The van der Waals surface area contributed by atoms with Crippen LogP contribution in [0, 0.1) is 0 Å². The van der Waals surface area contributed by atoms with Gasteiger partial charge in [-0.2, -0.15) is 18.2 Å². The van der Waals surface area contributed by atoms with Crippen molar-refractivity contribution < 1.29 is 17.9 Å². The van der Waals surface area contributed by atoms with E-state index in [1.54, 1.807) is 12.1 Å². The fraction of sp³-hybridized carbons (Fsp3) is 0.231. The van der Waals surface area contributed by atoms with Crippen LogP contribution in [0.2, 0.25) is 5.02 Å². The summed E-state index contributed by atoms with van der Waals surface area (Å²) in [6, 6.07) is 5.53. The van der Waals surface area contributed by atoms with E-state index in [0.29, 0.717) is 16.5 Å². The lowest BCUT2D eigenvalue weighted by atomic mass is 10.3. The van der Waals surface area contributed by atoms with E-state index in [0.717, 1.165) is 6.07 Å². The van der Waals surface area contributed by atoms with Crippen LogP contribution < -0.4 is 15.4 Å². The molecular formula is C13H12ClF3N4O. The number of hydrogen-bond donors (Lipinski definition) is 2. The molecule has 0 unspecified atom stereocenters. The van der Waals surface area contributed by atoms with E-state index in [1.807, 2.05) is 0 Å². The van der Waals surface area contributed by atoms with Gasteiger partial charge in [0.1, 0.15) is 11.6 Å². The first-order valence-corrected chi connectivity index (χ1v) is 6.46. The van der Waals surface area contributed by atoms with Gasteiger partial charge in [-0.05, 0) is 18.2 Å². The van der Waals surface area contributed by atoms with Gasteiger partial charge in [-0.1, -0.05) is 11.6 Å². The number of anilines is 3. The van der Waals surface area contributed by atoms with Gasteiger partial charge in [0.25, 0.3) is 0 Å². The normalized spacial score (nSPS) is 11.2. The Balaban J connectivity index is 2.43. The van der Waals surface area contributed by atoms with E-state index in [-0.39, 0.29) is 11.8 Å². The second-order valence-corrected chi connectivity index (χ2v) is 4.62. The molecule has 0 atom stereocenters.